The summed E-state index contributed by atoms with van der Waals surface area (Å²) in [5.41, 5.74) is -1.85. The second-order valence-corrected chi connectivity index (χ2v) is 19.7. The van der Waals surface area contributed by atoms with Gasteiger partial charge in [0.1, 0.15) is 21.2 Å². The number of hydrogen-bond donors (Lipinski definition) is 7. The van der Waals surface area contributed by atoms with Gasteiger partial charge < -0.3 is 15.7 Å². The third-order valence-electron chi connectivity index (χ3n) is 7.98. The van der Waals surface area contributed by atoms with Gasteiger partial charge in [-0.3, -0.25) is 18.2 Å². The van der Waals surface area contributed by atoms with Crippen molar-refractivity contribution >= 4 is 118 Å². The number of phenols is 1. The minimum atomic E-state index is -5.35. The van der Waals surface area contributed by atoms with Crippen molar-refractivity contribution in [3.05, 3.63) is 84.1 Å². The first-order chi connectivity index (χ1) is 27.8. The van der Waals surface area contributed by atoms with Crippen LogP contribution >= 0.6 is 11.6 Å². The van der Waals surface area contributed by atoms with Crippen LogP contribution in [0.25, 0.3) is 21.5 Å². The number of hydrogen-bond acceptors (Lipinski definition) is 19. The Morgan fingerprint density at radius 3 is 1.83 bits per heavy atom. The molecule has 0 aliphatic rings. The first kappa shape index (κ1) is 58.6. The largest absolute Gasteiger partial charge is 1.00 e. The molecule has 1 aromatic heterocycles. The van der Waals surface area contributed by atoms with Gasteiger partial charge in [0.05, 0.1) is 27.8 Å². The van der Waals surface area contributed by atoms with Crippen LogP contribution in [0.1, 0.15) is 0 Å². The molecule has 64 heavy (non-hydrogen) atoms. The van der Waals surface area contributed by atoms with E-state index in [2.05, 4.69) is 40.0 Å². The molecule has 6 rings (SSSR count). The number of nitrogens with one attached hydrogen (secondary N) is 2. The van der Waals surface area contributed by atoms with E-state index < -0.39 is 122 Å². The van der Waals surface area contributed by atoms with Gasteiger partial charge in [-0.25, -0.2) is 12.6 Å². The van der Waals surface area contributed by atoms with Crippen LogP contribution in [0.3, 0.4) is 0 Å². The zero-order chi connectivity index (χ0) is 44.0. The van der Waals surface area contributed by atoms with Crippen LogP contribution in [0.5, 0.6) is 5.75 Å². The number of aromatic hydroxyl groups is 1. The van der Waals surface area contributed by atoms with Crippen LogP contribution < -0.4 is 129 Å². The Balaban J connectivity index is 0.00000352. The quantitative estimate of drug-likeness (QED) is 0.0303. The maximum Gasteiger partial charge on any atom is 1.00 e. The molecule has 0 spiro atoms. The molecule has 33 heteroatoms. The van der Waals surface area contributed by atoms with Crippen LogP contribution in [0.4, 0.5) is 34.6 Å². The summed E-state index contributed by atoms with van der Waals surface area (Å²) in [5.74, 6) is -2.72. The van der Waals surface area contributed by atoms with Gasteiger partial charge in [-0.05, 0) is 70.9 Å². The molecule has 0 unspecified atom stereocenters. The van der Waals surface area contributed by atoms with Crippen molar-refractivity contribution in [3.63, 3.8) is 0 Å². The Kier molecular flexibility index (Phi) is 20.8. The molecule has 23 nitrogen and oxygen atoms in total. The number of phenolic OH excluding ortho intramolecular Hbond substituents is 1. The van der Waals surface area contributed by atoms with Gasteiger partial charge in [0, 0.05) is 16.5 Å². The summed E-state index contributed by atoms with van der Waals surface area (Å²) in [7, 11) is -24.4. The predicted octanol–water partition coefficient (Wildman–Crippen LogP) is -7.21. The molecule has 6 aromatic rings. The van der Waals surface area contributed by atoms with E-state index in [4.69, 9.17) is 16.2 Å². The van der Waals surface area contributed by atoms with Crippen LogP contribution in [-0.4, -0.2) is 92.7 Å². The molecule has 0 atom stereocenters. The fourth-order valence-corrected chi connectivity index (χ4v) is 9.20. The molecule has 1 heterocycles. The summed E-state index contributed by atoms with van der Waals surface area (Å²) in [6.07, 6.45) is 0. The zero-order valence-electron chi connectivity index (χ0n) is 33.3. The Morgan fingerprint density at radius 1 is 0.641 bits per heavy atom. The first-order valence-corrected chi connectivity index (χ1v) is 23.6. The standard InChI is InChI=1S/C31H24ClN7O16S5.4Na/c32-29-35-30(33-18-6-8-19(9-7-18)56(41,42)12-11-55-60(52,53)54)37-31(36-29)34-23-15-20(57(43,44)45)13-17-14-24(58(46,47)48)26(27(40)25(17)23)39-38-22-10-5-16-3-1-2-4-21(16)28(22)59(49,50)51;;;;/h1-10,13-15,40H,11-12H2,(H,43,44,45)(H,46,47,48)(H,49,50,51)(H,52,53,54)(H2,33,34,35,36,37);;;;/q;4*+1. The average molecular weight is 1040 g/mol. The molecule has 0 radical (unpaired) electrons. The van der Waals surface area contributed by atoms with Crippen LogP contribution in [0.15, 0.2) is 109 Å². The maximum absolute atomic E-state index is 12.6. The molecule has 316 valence electrons. The van der Waals surface area contributed by atoms with Gasteiger partial charge >= 0.3 is 129 Å². The van der Waals surface area contributed by atoms with E-state index in [1.54, 1.807) is 6.07 Å². The topological polar surface area (TPSA) is 369 Å². The minimum Gasteiger partial charge on any atom is -0.505 e. The van der Waals surface area contributed by atoms with Gasteiger partial charge in [-0.2, -0.15) is 48.6 Å². The number of azo groups is 1. The summed E-state index contributed by atoms with van der Waals surface area (Å²) in [5, 5.41) is 23.3. The molecule has 5 aromatic carbocycles. The summed E-state index contributed by atoms with van der Waals surface area (Å²) in [4.78, 5) is 8.86. The van der Waals surface area contributed by atoms with Crippen LogP contribution in [0, 0.1) is 0 Å². The summed E-state index contributed by atoms with van der Waals surface area (Å²) in [6, 6.07) is 15.3. The molecular weight excluding hydrogens is 1010 g/mol. The van der Waals surface area contributed by atoms with Crippen molar-refractivity contribution < 1.29 is 188 Å². The first-order valence-electron chi connectivity index (χ1n) is 15.9. The van der Waals surface area contributed by atoms with Crippen molar-refractivity contribution in [1.82, 2.24) is 15.0 Å². The summed E-state index contributed by atoms with van der Waals surface area (Å²) < 4.78 is 164. The molecule has 0 saturated heterocycles. The van der Waals surface area contributed by atoms with Crippen LogP contribution in [-0.2, 0) is 54.8 Å². The maximum atomic E-state index is 12.6. The molecule has 0 aliphatic carbocycles. The van der Waals surface area contributed by atoms with Gasteiger partial charge in [0.2, 0.25) is 17.2 Å². The Morgan fingerprint density at radius 2 is 1.25 bits per heavy atom. The third-order valence-corrected chi connectivity index (χ3v) is 13.0. The molecule has 0 aliphatic heterocycles. The molecule has 0 bridgehead atoms. The van der Waals surface area contributed by atoms with E-state index in [1.807, 2.05) is 0 Å². The number of anilines is 4. The van der Waals surface area contributed by atoms with Gasteiger partial charge in [-0.15, -0.1) is 10.2 Å². The van der Waals surface area contributed by atoms with E-state index in [1.165, 1.54) is 36.4 Å². The summed E-state index contributed by atoms with van der Waals surface area (Å²) >= 11 is 6.12. The van der Waals surface area contributed by atoms with E-state index >= 15 is 0 Å². The second kappa shape index (κ2) is 22.7. The van der Waals surface area contributed by atoms with Gasteiger partial charge in [-0.1, -0.05) is 30.3 Å². The van der Waals surface area contributed by atoms with E-state index in [-0.39, 0.29) is 140 Å². The number of aromatic nitrogens is 3. The van der Waals surface area contributed by atoms with Crippen molar-refractivity contribution in [3.8, 4) is 5.75 Å². The van der Waals surface area contributed by atoms with Crippen molar-refractivity contribution in [2.75, 3.05) is 23.0 Å². The molecule has 0 amide bonds. The second-order valence-electron chi connectivity index (χ2n) is 12.0. The Labute approximate surface area is 457 Å². The fraction of sp³-hybridized carbons (Fsp3) is 0.0645. The predicted molar refractivity (Wildman–Crippen MR) is 211 cm³/mol. The number of nitrogens with zero attached hydrogens (tertiary/aromatic N) is 5. The van der Waals surface area contributed by atoms with E-state index in [9.17, 15) is 60.9 Å². The van der Waals surface area contributed by atoms with Crippen molar-refractivity contribution in [1.29, 1.82) is 0 Å². The van der Waals surface area contributed by atoms with Crippen molar-refractivity contribution in [2.45, 2.75) is 19.6 Å². The molecular formula is C31H24ClN7Na4O16S5+4. The Bertz CT molecular complexity index is 3360. The number of rotatable bonds is 14. The minimum absolute atomic E-state index is 0. The molecule has 0 fully saturated rings. The Hall–Kier alpha value is -1.53. The summed E-state index contributed by atoms with van der Waals surface area (Å²) in [6.45, 7) is -0.864. The normalized spacial score (nSPS) is 12.1. The average Bonchev–Trinajstić information content (AvgIpc) is 3.12. The third kappa shape index (κ3) is 14.5. The zero-order valence-corrected chi connectivity index (χ0v) is 46.1. The monoisotopic (exact) mass is 1040 g/mol. The number of benzene rings is 5. The number of halogens is 1. The van der Waals surface area contributed by atoms with Crippen LogP contribution in [0.2, 0.25) is 5.28 Å². The number of sulfone groups is 1. The van der Waals surface area contributed by atoms with Gasteiger partial charge in [0.15, 0.2) is 15.6 Å². The van der Waals surface area contributed by atoms with Gasteiger partial charge in [0.25, 0.3) is 30.4 Å². The smallest absolute Gasteiger partial charge is 0.505 e. The fourth-order valence-electron chi connectivity index (χ4n) is 5.51. The van der Waals surface area contributed by atoms with E-state index in [0.717, 1.165) is 30.3 Å². The SMILES string of the molecule is O=S(=O)(O)OCCS(=O)(=O)c1ccc(Nc2nc(Cl)nc(Nc3cc(S(=O)(=O)O)cc4cc(S(=O)(=O)O)c(N=Nc5ccc6ccccc6c5S(=O)(=O)O)c(O)c34)n2)cc1.[Na+].[Na+].[Na+].[Na+]. The molecule has 0 saturated carbocycles. The molecule has 7 N–H and O–H groups in total. The van der Waals surface area contributed by atoms with E-state index in [0.29, 0.717) is 11.5 Å². The number of fused-ring (bicyclic) bond motifs is 2. The van der Waals surface area contributed by atoms with Crippen molar-refractivity contribution in [2.24, 2.45) is 10.2 Å².